The first kappa shape index (κ1) is 19.6. The fourth-order valence-corrected chi connectivity index (χ4v) is 4.52. The van der Waals surface area contributed by atoms with Crippen molar-refractivity contribution in [1.82, 2.24) is 4.90 Å². The summed E-state index contributed by atoms with van der Waals surface area (Å²) < 4.78 is 0. The Hall–Kier alpha value is -2.15. The van der Waals surface area contributed by atoms with E-state index in [2.05, 4.69) is 30.6 Å². The third-order valence-electron chi connectivity index (χ3n) is 6.26. The molecule has 1 amide bonds. The molecule has 1 aromatic rings. The zero-order valence-corrected chi connectivity index (χ0v) is 16.6. The summed E-state index contributed by atoms with van der Waals surface area (Å²) in [5, 5.41) is 10.8. The van der Waals surface area contributed by atoms with E-state index in [1.165, 1.54) is 11.3 Å². The molecule has 0 aromatic heterocycles. The molecule has 2 aliphatic heterocycles. The van der Waals surface area contributed by atoms with Gasteiger partial charge in [0.15, 0.2) is 6.04 Å². The maximum atomic E-state index is 13.1. The number of nitro benzene ring substituents is 1. The van der Waals surface area contributed by atoms with Crippen molar-refractivity contribution in [3.63, 3.8) is 0 Å². The normalized spacial score (nSPS) is 25.3. The summed E-state index contributed by atoms with van der Waals surface area (Å²) in [5.74, 6) is 0.286. The van der Waals surface area contributed by atoms with E-state index in [0.717, 1.165) is 44.7 Å². The molecule has 1 aromatic carbocycles. The van der Waals surface area contributed by atoms with Gasteiger partial charge in [-0.05, 0) is 52.2 Å². The minimum Gasteiger partial charge on any atom is -0.360 e. The number of carbonyl (C=O) groups excluding carboxylic acids is 1. The van der Waals surface area contributed by atoms with Crippen molar-refractivity contribution in [2.24, 2.45) is 0 Å². The average Bonchev–Trinajstić information content (AvgIpc) is 2.67. The molecule has 0 spiro atoms. The molecular formula is C20H31N4O3+. The highest BCUT2D eigenvalue weighted by Crippen LogP contribution is 2.23. The number of carbonyl (C=O) groups is 1. The third-order valence-corrected chi connectivity index (χ3v) is 6.26. The number of anilines is 1. The molecule has 3 atom stereocenters. The minimum atomic E-state index is -0.373. The van der Waals surface area contributed by atoms with Crippen LogP contribution in [0.2, 0.25) is 0 Å². The Labute approximate surface area is 161 Å². The van der Waals surface area contributed by atoms with Crippen molar-refractivity contribution in [3.05, 3.63) is 34.4 Å². The maximum Gasteiger partial charge on any atom is 0.281 e. The number of benzene rings is 1. The van der Waals surface area contributed by atoms with Crippen molar-refractivity contribution in [1.29, 1.82) is 0 Å². The molecule has 0 saturated carbocycles. The van der Waals surface area contributed by atoms with Crippen LogP contribution >= 0.6 is 0 Å². The SMILES string of the molecule is C[C@@H]1CCC[C@H](C)N1C(=O)[C@@H](C)[NH+]1CCN(c2ccc([N+](=O)[O-])cc2)CC1. The molecule has 2 saturated heterocycles. The highest BCUT2D eigenvalue weighted by Gasteiger charge is 2.37. The van der Waals surface area contributed by atoms with Gasteiger partial charge in [-0.25, -0.2) is 0 Å². The summed E-state index contributed by atoms with van der Waals surface area (Å²) in [7, 11) is 0. The first-order valence-corrected chi connectivity index (χ1v) is 10.0. The molecule has 148 valence electrons. The molecular weight excluding hydrogens is 344 g/mol. The van der Waals surface area contributed by atoms with Crippen LogP contribution in [0, 0.1) is 10.1 Å². The number of rotatable bonds is 4. The quantitative estimate of drug-likeness (QED) is 0.639. The first-order chi connectivity index (χ1) is 12.9. The number of likely N-dealkylation sites (tertiary alicyclic amines) is 1. The number of nitrogens with one attached hydrogen (secondary N) is 1. The summed E-state index contributed by atoms with van der Waals surface area (Å²) >= 11 is 0. The van der Waals surface area contributed by atoms with Crippen LogP contribution in [0.5, 0.6) is 0 Å². The second-order valence-corrected chi connectivity index (χ2v) is 8.01. The first-order valence-electron chi connectivity index (χ1n) is 10.0. The number of non-ortho nitro benzene ring substituents is 1. The number of nitro groups is 1. The summed E-state index contributed by atoms with van der Waals surface area (Å²) in [4.78, 5) is 29.2. The molecule has 0 unspecified atom stereocenters. The Balaban J connectivity index is 1.58. The second-order valence-electron chi connectivity index (χ2n) is 8.01. The molecule has 2 aliphatic rings. The molecule has 2 fully saturated rings. The van der Waals surface area contributed by atoms with Crippen molar-refractivity contribution in [3.8, 4) is 0 Å². The lowest BCUT2D eigenvalue weighted by molar-refractivity contribution is -0.915. The van der Waals surface area contributed by atoms with Gasteiger partial charge in [-0.1, -0.05) is 0 Å². The lowest BCUT2D eigenvalue weighted by Gasteiger charge is -2.42. The van der Waals surface area contributed by atoms with Gasteiger partial charge in [0.1, 0.15) is 0 Å². The highest BCUT2D eigenvalue weighted by molar-refractivity contribution is 5.80. The summed E-state index contributed by atoms with van der Waals surface area (Å²) in [6.45, 7) is 9.92. The highest BCUT2D eigenvalue weighted by atomic mass is 16.6. The summed E-state index contributed by atoms with van der Waals surface area (Å²) in [5.41, 5.74) is 1.13. The van der Waals surface area contributed by atoms with Crippen LogP contribution in [-0.4, -0.2) is 60.0 Å². The van der Waals surface area contributed by atoms with Crippen LogP contribution in [0.25, 0.3) is 0 Å². The monoisotopic (exact) mass is 375 g/mol. The lowest BCUT2D eigenvalue weighted by atomic mass is 9.96. The van der Waals surface area contributed by atoms with Crippen LogP contribution in [0.15, 0.2) is 24.3 Å². The van der Waals surface area contributed by atoms with E-state index in [1.54, 1.807) is 12.1 Å². The van der Waals surface area contributed by atoms with E-state index in [4.69, 9.17) is 0 Å². The van der Waals surface area contributed by atoms with E-state index >= 15 is 0 Å². The largest absolute Gasteiger partial charge is 0.360 e. The molecule has 3 rings (SSSR count). The topological polar surface area (TPSA) is 71.1 Å². The van der Waals surface area contributed by atoms with Crippen LogP contribution < -0.4 is 9.80 Å². The number of quaternary nitrogens is 1. The molecule has 0 aliphatic carbocycles. The van der Waals surface area contributed by atoms with Gasteiger partial charge in [0.2, 0.25) is 0 Å². The number of piperazine rings is 1. The van der Waals surface area contributed by atoms with E-state index in [0.29, 0.717) is 12.1 Å². The molecule has 0 bridgehead atoms. The number of hydrogen-bond acceptors (Lipinski definition) is 4. The number of amides is 1. The number of hydrogen-bond donors (Lipinski definition) is 1. The Morgan fingerprint density at radius 2 is 1.70 bits per heavy atom. The van der Waals surface area contributed by atoms with E-state index in [-0.39, 0.29) is 22.6 Å². The van der Waals surface area contributed by atoms with Gasteiger partial charge in [0.25, 0.3) is 11.6 Å². The molecule has 2 heterocycles. The van der Waals surface area contributed by atoms with Gasteiger partial charge >= 0.3 is 0 Å². The van der Waals surface area contributed by atoms with Crippen LogP contribution in [0.3, 0.4) is 0 Å². The van der Waals surface area contributed by atoms with E-state index < -0.39 is 0 Å². The zero-order chi connectivity index (χ0) is 19.6. The van der Waals surface area contributed by atoms with Crippen molar-refractivity contribution in [2.75, 3.05) is 31.1 Å². The van der Waals surface area contributed by atoms with Crippen molar-refractivity contribution in [2.45, 2.75) is 58.2 Å². The van der Waals surface area contributed by atoms with Crippen molar-refractivity contribution >= 4 is 17.3 Å². The van der Waals surface area contributed by atoms with Crippen molar-refractivity contribution < 1.29 is 14.6 Å². The van der Waals surface area contributed by atoms with E-state index in [9.17, 15) is 14.9 Å². The van der Waals surface area contributed by atoms with Crippen LogP contribution in [0.1, 0.15) is 40.0 Å². The number of nitrogens with zero attached hydrogens (tertiary/aromatic N) is 3. The fraction of sp³-hybridized carbons (Fsp3) is 0.650. The maximum absolute atomic E-state index is 13.1. The molecule has 1 N–H and O–H groups in total. The Morgan fingerprint density at radius 3 is 2.22 bits per heavy atom. The smallest absolute Gasteiger partial charge is 0.281 e. The predicted molar refractivity (Wildman–Crippen MR) is 105 cm³/mol. The summed E-state index contributed by atoms with van der Waals surface area (Å²) in [6, 6.07) is 7.39. The molecule has 7 heteroatoms. The third kappa shape index (κ3) is 4.24. The predicted octanol–water partition coefficient (Wildman–Crippen LogP) is 1.48. The van der Waals surface area contributed by atoms with Gasteiger partial charge in [0, 0.05) is 29.9 Å². The van der Waals surface area contributed by atoms with Gasteiger partial charge in [0.05, 0.1) is 31.1 Å². The van der Waals surface area contributed by atoms with Crippen LogP contribution in [0.4, 0.5) is 11.4 Å². The Bertz CT molecular complexity index is 660. The summed E-state index contributed by atoms with van der Waals surface area (Å²) in [6.07, 6.45) is 3.42. The molecule has 0 radical (unpaired) electrons. The van der Waals surface area contributed by atoms with Crippen LogP contribution in [-0.2, 0) is 4.79 Å². The zero-order valence-electron chi connectivity index (χ0n) is 16.6. The van der Waals surface area contributed by atoms with Gasteiger partial charge in [-0.2, -0.15) is 0 Å². The minimum absolute atomic E-state index is 0.0213. The van der Waals surface area contributed by atoms with Gasteiger partial charge in [-0.3, -0.25) is 14.9 Å². The Kier molecular flexibility index (Phi) is 5.99. The number of piperidine rings is 1. The second kappa shape index (κ2) is 8.25. The van der Waals surface area contributed by atoms with Gasteiger partial charge in [-0.15, -0.1) is 0 Å². The lowest BCUT2D eigenvalue weighted by Crippen LogP contribution is -3.19. The van der Waals surface area contributed by atoms with Gasteiger partial charge < -0.3 is 14.7 Å². The fourth-order valence-electron chi connectivity index (χ4n) is 4.52. The Morgan fingerprint density at radius 1 is 1.15 bits per heavy atom. The molecule has 7 nitrogen and oxygen atoms in total. The standard InChI is InChI=1S/C20H30N4O3/c1-15-5-4-6-16(2)23(15)20(25)17(3)21-11-13-22(14-12-21)18-7-9-19(10-8-18)24(26)27/h7-10,15-17H,4-6,11-14H2,1-3H3/p+1/t15-,16+,17-/m1/s1. The average molecular weight is 375 g/mol. The van der Waals surface area contributed by atoms with E-state index in [1.807, 2.05) is 12.1 Å². The molecule has 27 heavy (non-hydrogen) atoms.